The first-order valence-electron chi connectivity index (χ1n) is 5.39. The molecule has 0 saturated heterocycles. The summed E-state index contributed by atoms with van der Waals surface area (Å²) in [5.74, 6) is 1.07. The highest BCUT2D eigenvalue weighted by Crippen LogP contribution is 2.05. The van der Waals surface area contributed by atoms with Gasteiger partial charge in [0.15, 0.2) is 0 Å². The van der Waals surface area contributed by atoms with E-state index < -0.39 is 0 Å². The van der Waals surface area contributed by atoms with Crippen molar-refractivity contribution in [1.29, 1.82) is 0 Å². The third-order valence-corrected chi connectivity index (χ3v) is 1.99. The van der Waals surface area contributed by atoms with E-state index >= 15 is 0 Å². The van der Waals surface area contributed by atoms with E-state index in [4.69, 9.17) is 0 Å². The summed E-state index contributed by atoms with van der Waals surface area (Å²) in [5, 5.41) is 3.12. The molecule has 0 aromatic carbocycles. The van der Waals surface area contributed by atoms with Gasteiger partial charge in [0.2, 0.25) is 0 Å². The fourth-order valence-corrected chi connectivity index (χ4v) is 1.20. The van der Waals surface area contributed by atoms with Crippen LogP contribution in [0.15, 0.2) is 0 Å². The fourth-order valence-electron chi connectivity index (χ4n) is 1.20. The maximum Gasteiger partial charge on any atom is 0.146 e. The third kappa shape index (κ3) is 9.54. The lowest BCUT2D eigenvalue weighted by molar-refractivity contribution is -0.118. The molecule has 2 nitrogen and oxygen atoms in total. The third-order valence-electron chi connectivity index (χ3n) is 1.99. The van der Waals surface area contributed by atoms with Crippen molar-refractivity contribution >= 4 is 5.78 Å². The number of rotatable bonds is 8. The van der Waals surface area contributed by atoms with Crippen LogP contribution in [0.5, 0.6) is 0 Å². The number of carbonyl (C=O) groups is 1. The highest BCUT2D eigenvalue weighted by atomic mass is 16.1. The number of ketones is 1. The number of carbonyl (C=O) groups excluding carboxylic acids is 1. The Bertz CT molecular complexity index is 132. The highest BCUT2D eigenvalue weighted by Gasteiger charge is 2.01. The number of Topliss-reactive ketones (excluding diaryl/α,β-unsaturated/α-hetero) is 1. The quantitative estimate of drug-likeness (QED) is 0.588. The van der Waals surface area contributed by atoms with Gasteiger partial charge in [-0.2, -0.15) is 0 Å². The Morgan fingerprint density at radius 3 is 2.62 bits per heavy atom. The Kier molecular flexibility index (Phi) is 8.00. The smallest absolute Gasteiger partial charge is 0.146 e. The molecule has 0 saturated carbocycles. The van der Waals surface area contributed by atoms with Gasteiger partial charge in [-0.05, 0) is 25.3 Å². The van der Waals surface area contributed by atoms with Crippen molar-refractivity contribution in [2.45, 2.75) is 46.5 Å². The predicted molar refractivity (Wildman–Crippen MR) is 56.9 cm³/mol. The van der Waals surface area contributed by atoms with E-state index in [9.17, 15) is 4.79 Å². The summed E-state index contributed by atoms with van der Waals surface area (Å²) in [5.41, 5.74) is 0. The molecule has 0 unspecified atom stereocenters. The molecule has 0 radical (unpaired) electrons. The molecule has 0 aromatic rings. The first-order valence-corrected chi connectivity index (χ1v) is 5.39. The molecule has 0 aliphatic carbocycles. The first-order chi connectivity index (χ1) is 6.16. The second-order valence-electron chi connectivity index (χ2n) is 4.00. The summed E-state index contributed by atoms with van der Waals surface area (Å²) in [4.78, 5) is 11.2. The summed E-state index contributed by atoms with van der Waals surface area (Å²) in [6.45, 7) is 8.01. The molecule has 0 aromatic heterocycles. The van der Waals surface area contributed by atoms with Crippen LogP contribution in [0.3, 0.4) is 0 Å². The Hall–Kier alpha value is -0.370. The molecular formula is C11H23NO. The summed E-state index contributed by atoms with van der Waals surface area (Å²) >= 11 is 0. The number of nitrogens with one attached hydrogen (secondary N) is 1. The van der Waals surface area contributed by atoms with E-state index in [0.29, 0.717) is 12.3 Å². The molecule has 0 amide bonds. The van der Waals surface area contributed by atoms with Crippen LogP contribution in [0.4, 0.5) is 0 Å². The van der Waals surface area contributed by atoms with Crippen molar-refractivity contribution in [1.82, 2.24) is 5.32 Å². The van der Waals surface area contributed by atoms with Crippen LogP contribution in [0, 0.1) is 5.92 Å². The maximum atomic E-state index is 11.2. The van der Waals surface area contributed by atoms with E-state index in [-0.39, 0.29) is 0 Å². The largest absolute Gasteiger partial charge is 0.310 e. The zero-order valence-electron chi connectivity index (χ0n) is 9.23. The molecular weight excluding hydrogens is 162 g/mol. The van der Waals surface area contributed by atoms with Crippen molar-refractivity contribution in [3.05, 3.63) is 0 Å². The molecule has 78 valence electrons. The topological polar surface area (TPSA) is 29.1 Å². The SMILES string of the molecule is CCCNCC(=O)CCCC(C)C. The van der Waals surface area contributed by atoms with E-state index in [2.05, 4.69) is 26.1 Å². The molecule has 0 spiro atoms. The summed E-state index contributed by atoms with van der Waals surface area (Å²) in [7, 11) is 0. The van der Waals surface area contributed by atoms with Crippen LogP contribution in [0.2, 0.25) is 0 Å². The molecule has 1 N–H and O–H groups in total. The molecule has 0 aliphatic rings. The Balaban J connectivity index is 3.20. The Morgan fingerprint density at radius 2 is 2.08 bits per heavy atom. The number of hydrogen-bond donors (Lipinski definition) is 1. The van der Waals surface area contributed by atoms with Crippen molar-refractivity contribution in [3.63, 3.8) is 0 Å². The van der Waals surface area contributed by atoms with Crippen molar-refractivity contribution in [2.75, 3.05) is 13.1 Å². The summed E-state index contributed by atoms with van der Waals surface area (Å²) < 4.78 is 0. The molecule has 0 bridgehead atoms. The van der Waals surface area contributed by atoms with E-state index in [0.717, 1.165) is 31.7 Å². The molecule has 0 fully saturated rings. The first kappa shape index (κ1) is 12.6. The van der Waals surface area contributed by atoms with Crippen LogP contribution in [-0.4, -0.2) is 18.9 Å². The standard InChI is InChI=1S/C11H23NO/c1-4-8-12-9-11(13)7-5-6-10(2)3/h10,12H,4-9H2,1-3H3. The van der Waals surface area contributed by atoms with Crippen LogP contribution >= 0.6 is 0 Å². The van der Waals surface area contributed by atoms with Gasteiger partial charge in [0.1, 0.15) is 5.78 Å². The fraction of sp³-hybridized carbons (Fsp3) is 0.909. The average Bonchev–Trinajstić information content (AvgIpc) is 2.04. The summed E-state index contributed by atoms with van der Waals surface area (Å²) in [6.07, 6.45) is 4.05. The lowest BCUT2D eigenvalue weighted by atomic mass is 10.1. The molecule has 2 heteroatoms. The van der Waals surface area contributed by atoms with Crippen molar-refractivity contribution < 1.29 is 4.79 Å². The normalized spacial score (nSPS) is 10.8. The minimum absolute atomic E-state index is 0.356. The second-order valence-corrected chi connectivity index (χ2v) is 4.00. The van der Waals surface area contributed by atoms with Gasteiger partial charge in [0, 0.05) is 6.42 Å². The lowest BCUT2D eigenvalue weighted by Crippen LogP contribution is -2.23. The molecule has 0 atom stereocenters. The van der Waals surface area contributed by atoms with Gasteiger partial charge in [-0.3, -0.25) is 4.79 Å². The van der Waals surface area contributed by atoms with Gasteiger partial charge in [-0.15, -0.1) is 0 Å². The zero-order chi connectivity index (χ0) is 10.1. The Morgan fingerprint density at radius 1 is 1.38 bits per heavy atom. The molecule has 13 heavy (non-hydrogen) atoms. The van der Waals surface area contributed by atoms with Gasteiger partial charge in [0.05, 0.1) is 6.54 Å². The minimum Gasteiger partial charge on any atom is -0.310 e. The van der Waals surface area contributed by atoms with Crippen molar-refractivity contribution in [3.8, 4) is 0 Å². The predicted octanol–water partition coefficient (Wildman–Crippen LogP) is 2.38. The number of hydrogen-bond acceptors (Lipinski definition) is 2. The molecule has 0 heterocycles. The van der Waals surface area contributed by atoms with Crippen LogP contribution < -0.4 is 5.32 Å². The van der Waals surface area contributed by atoms with E-state index in [1.54, 1.807) is 0 Å². The molecule has 0 rings (SSSR count). The van der Waals surface area contributed by atoms with E-state index in [1.165, 1.54) is 6.42 Å². The summed E-state index contributed by atoms with van der Waals surface area (Å²) in [6, 6.07) is 0. The van der Waals surface area contributed by atoms with E-state index in [1.807, 2.05) is 0 Å². The highest BCUT2D eigenvalue weighted by molar-refractivity contribution is 5.80. The maximum absolute atomic E-state index is 11.2. The van der Waals surface area contributed by atoms with Crippen molar-refractivity contribution in [2.24, 2.45) is 5.92 Å². The zero-order valence-corrected chi connectivity index (χ0v) is 9.23. The Labute approximate surface area is 82.1 Å². The van der Waals surface area contributed by atoms with Gasteiger partial charge >= 0.3 is 0 Å². The average molecular weight is 185 g/mol. The van der Waals surface area contributed by atoms with Gasteiger partial charge in [-0.1, -0.05) is 27.2 Å². The molecule has 0 aliphatic heterocycles. The van der Waals surface area contributed by atoms with Gasteiger partial charge in [-0.25, -0.2) is 0 Å². The second kappa shape index (κ2) is 8.24. The minimum atomic E-state index is 0.356. The van der Waals surface area contributed by atoms with Gasteiger partial charge in [0.25, 0.3) is 0 Å². The van der Waals surface area contributed by atoms with Crippen LogP contribution in [0.25, 0.3) is 0 Å². The lowest BCUT2D eigenvalue weighted by Gasteiger charge is -2.04. The monoisotopic (exact) mass is 185 g/mol. The van der Waals surface area contributed by atoms with Crippen LogP contribution in [0.1, 0.15) is 46.5 Å². The van der Waals surface area contributed by atoms with Gasteiger partial charge < -0.3 is 5.32 Å². The van der Waals surface area contributed by atoms with Crippen LogP contribution in [-0.2, 0) is 4.79 Å².